The lowest BCUT2D eigenvalue weighted by Gasteiger charge is -2.33. The van der Waals surface area contributed by atoms with E-state index in [0.29, 0.717) is 0 Å². The van der Waals surface area contributed by atoms with Gasteiger partial charge in [0.05, 0.1) is 13.3 Å². The Hall–Kier alpha value is -4.89. The standard InChI is InChI=1S/C48H51N3O7S4Si/c1-10-51-37-16-14-32(22-35(37)36-24-34(55-9)15-17-38(36)51)40-19-29(6)46(60-40)42-21-31(8)47(62-42)43-20-30(7)45(61-43)41-18-28(5)39(59-41)23-33(25-49)48(54)50(26-44(52)53)27-63(56-11-2,57-12-3)58-13-4/h14-24H,10-13,26-27H2,1-9H3,(H,52,53)/b33-23+. The molecule has 1 N–H and O–H groups in total. The SMILES string of the molecule is CCO[Si](CN(CC(=O)O)C(=O)/C(C#N)=C/c1sc(-c2sc(-c3sc(-c4sc(-c5ccc6c(c5)c5cc(OC)ccc5n6CC)cc4C)cc3C)cc2C)cc1C)(OCC)OCC. The molecule has 0 spiro atoms. The number of nitrogens with zero attached hydrogens (tertiary/aromatic N) is 3. The highest BCUT2D eigenvalue weighted by atomic mass is 32.1. The van der Waals surface area contributed by atoms with Gasteiger partial charge in [0, 0.05) is 87.2 Å². The van der Waals surface area contributed by atoms with Gasteiger partial charge in [0.15, 0.2) is 0 Å². The number of aliphatic carboxylic acids is 1. The average Bonchev–Trinajstić information content (AvgIpc) is 4.08. The summed E-state index contributed by atoms with van der Waals surface area (Å²) in [7, 11) is -1.76. The maximum atomic E-state index is 13.9. The summed E-state index contributed by atoms with van der Waals surface area (Å²) >= 11 is 6.89. The number of ether oxygens (including phenoxy) is 1. The number of aryl methyl sites for hydroxylation is 5. The molecule has 0 aliphatic rings. The van der Waals surface area contributed by atoms with Crippen molar-refractivity contribution in [2.24, 2.45) is 0 Å². The summed E-state index contributed by atoms with van der Waals surface area (Å²) < 4.78 is 25.7. The maximum absolute atomic E-state index is 13.9. The van der Waals surface area contributed by atoms with Crippen molar-refractivity contribution in [3.63, 3.8) is 0 Å². The van der Waals surface area contributed by atoms with Crippen LogP contribution in [-0.4, -0.2) is 74.9 Å². The molecule has 0 aliphatic heterocycles. The number of carbonyl (C=O) groups excluding carboxylic acids is 1. The van der Waals surface area contributed by atoms with Crippen LogP contribution in [0.2, 0.25) is 0 Å². The first-order chi connectivity index (χ1) is 30.3. The van der Waals surface area contributed by atoms with Gasteiger partial charge in [-0.3, -0.25) is 9.59 Å². The molecule has 0 saturated heterocycles. The Balaban J connectivity index is 1.16. The van der Waals surface area contributed by atoms with Crippen molar-refractivity contribution in [3.8, 4) is 51.5 Å². The molecule has 0 bridgehead atoms. The summed E-state index contributed by atoms with van der Waals surface area (Å²) in [5, 5.41) is 22.4. The molecule has 1 amide bonds. The molecule has 2 aromatic carbocycles. The molecule has 63 heavy (non-hydrogen) atoms. The van der Waals surface area contributed by atoms with E-state index in [1.54, 1.807) is 45.3 Å². The highest BCUT2D eigenvalue weighted by molar-refractivity contribution is 7.29. The largest absolute Gasteiger partial charge is 0.521 e. The van der Waals surface area contributed by atoms with Gasteiger partial charge in [-0.1, -0.05) is 6.07 Å². The number of amides is 1. The lowest BCUT2D eigenvalue weighted by molar-refractivity contribution is -0.142. The minimum absolute atomic E-state index is 0.178. The van der Waals surface area contributed by atoms with E-state index in [1.165, 1.54) is 74.2 Å². The second-order valence-electron chi connectivity index (χ2n) is 15.1. The maximum Gasteiger partial charge on any atom is 0.521 e. The predicted octanol–water partition coefficient (Wildman–Crippen LogP) is 12.4. The quantitative estimate of drug-likeness (QED) is 0.0513. The van der Waals surface area contributed by atoms with Gasteiger partial charge in [-0.25, -0.2) is 0 Å². The van der Waals surface area contributed by atoms with Gasteiger partial charge >= 0.3 is 14.8 Å². The first-order valence-corrected chi connectivity index (χ1v) is 26.0. The monoisotopic (exact) mass is 937 g/mol. The number of hydrogen-bond acceptors (Lipinski definition) is 11. The Morgan fingerprint density at radius 1 is 0.730 bits per heavy atom. The van der Waals surface area contributed by atoms with E-state index in [0.717, 1.165) is 43.0 Å². The molecular formula is C48H51N3O7S4Si. The van der Waals surface area contributed by atoms with Crippen LogP contribution in [-0.2, 0) is 29.4 Å². The number of fused-ring (bicyclic) bond motifs is 3. The van der Waals surface area contributed by atoms with Gasteiger partial charge in [0.2, 0.25) is 0 Å². The Bertz CT molecular complexity index is 2890. The highest BCUT2D eigenvalue weighted by Gasteiger charge is 2.44. The lowest BCUT2D eigenvalue weighted by Crippen LogP contribution is -2.57. The molecule has 328 valence electrons. The number of carboxylic acid groups (broad SMARTS) is 1. The number of rotatable bonds is 18. The molecule has 0 fully saturated rings. The van der Waals surface area contributed by atoms with Crippen molar-refractivity contribution in [1.82, 2.24) is 9.47 Å². The number of aromatic nitrogens is 1. The highest BCUT2D eigenvalue weighted by Crippen LogP contribution is 2.49. The average molecular weight is 938 g/mol. The van der Waals surface area contributed by atoms with E-state index in [1.807, 2.05) is 41.7 Å². The van der Waals surface area contributed by atoms with Crippen LogP contribution < -0.4 is 4.74 Å². The first-order valence-electron chi connectivity index (χ1n) is 20.8. The Morgan fingerprint density at radius 2 is 1.24 bits per heavy atom. The van der Waals surface area contributed by atoms with E-state index >= 15 is 0 Å². The molecule has 0 aliphatic carbocycles. The van der Waals surface area contributed by atoms with Gasteiger partial charge in [0.25, 0.3) is 5.91 Å². The number of hydrogen-bond donors (Lipinski definition) is 1. The van der Waals surface area contributed by atoms with E-state index in [9.17, 15) is 20.0 Å². The van der Waals surface area contributed by atoms with Crippen LogP contribution >= 0.6 is 45.3 Å². The molecule has 0 saturated carbocycles. The zero-order chi connectivity index (χ0) is 45.2. The summed E-state index contributed by atoms with van der Waals surface area (Å²) in [4.78, 5) is 36.0. The first kappa shape index (κ1) is 46.1. The van der Waals surface area contributed by atoms with E-state index in [2.05, 4.69) is 86.9 Å². The van der Waals surface area contributed by atoms with Crippen LogP contribution in [0.1, 0.15) is 54.8 Å². The van der Waals surface area contributed by atoms with Crippen molar-refractivity contribution in [3.05, 3.63) is 93.4 Å². The fourth-order valence-electron chi connectivity index (χ4n) is 7.96. The van der Waals surface area contributed by atoms with Gasteiger partial charge in [0.1, 0.15) is 23.9 Å². The van der Waals surface area contributed by atoms with Crippen LogP contribution in [0.4, 0.5) is 0 Å². The summed E-state index contributed by atoms with van der Waals surface area (Å²) in [6.07, 6.45) is 1.36. The minimum Gasteiger partial charge on any atom is -0.497 e. The third-order valence-corrected chi connectivity index (χ3v) is 19.2. The number of methoxy groups -OCH3 is 1. The number of nitriles is 1. The van der Waals surface area contributed by atoms with Gasteiger partial charge < -0.3 is 32.6 Å². The molecule has 0 atom stereocenters. The predicted molar refractivity (Wildman–Crippen MR) is 262 cm³/mol. The number of benzene rings is 2. The molecule has 0 unspecified atom stereocenters. The van der Waals surface area contributed by atoms with Crippen molar-refractivity contribution in [2.45, 2.75) is 61.9 Å². The second-order valence-corrected chi connectivity index (χ2v) is 21.9. The third-order valence-electron chi connectivity index (χ3n) is 10.8. The number of thiophene rings is 4. The minimum atomic E-state index is -3.47. The Labute approximate surface area is 385 Å². The van der Waals surface area contributed by atoms with Crippen LogP contribution in [0.3, 0.4) is 0 Å². The fraction of sp³-hybridized carbons (Fsp3) is 0.312. The number of carbonyl (C=O) groups is 2. The van der Waals surface area contributed by atoms with E-state index in [-0.39, 0.29) is 31.6 Å². The van der Waals surface area contributed by atoms with E-state index < -0.39 is 27.2 Å². The smallest absolute Gasteiger partial charge is 0.497 e. The van der Waals surface area contributed by atoms with Crippen LogP contribution in [0.5, 0.6) is 5.75 Å². The molecule has 10 nitrogen and oxygen atoms in total. The molecule has 15 heteroatoms. The zero-order valence-corrected chi connectivity index (χ0v) is 41.2. The van der Waals surface area contributed by atoms with Crippen molar-refractivity contribution < 1.29 is 32.7 Å². The van der Waals surface area contributed by atoms with Crippen molar-refractivity contribution in [1.29, 1.82) is 5.26 Å². The molecule has 7 aromatic rings. The van der Waals surface area contributed by atoms with Gasteiger partial charge in [-0.05, 0) is 144 Å². The Morgan fingerprint density at radius 3 is 1.76 bits per heavy atom. The summed E-state index contributed by atoms with van der Waals surface area (Å²) in [6, 6.07) is 24.1. The van der Waals surface area contributed by atoms with Gasteiger partial charge in [-0.2, -0.15) is 5.26 Å². The van der Waals surface area contributed by atoms with Crippen LogP contribution in [0, 0.1) is 39.0 Å². The molecular weight excluding hydrogens is 887 g/mol. The molecule has 7 rings (SSSR count). The van der Waals surface area contributed by atoms with Crippen molar-refractivity contribution >= 4 is 93.9 Å². The third kappa shape index (κ3) is 9.36. The lowest BCUT2D eigenvalue weighted by atomic mass is 10.1. The van der Waals surface area contributed by atoms with Crippen LogP contribution in [0.25, 0.3) is 67.6 Å². The molecule has 0 radical (unpaired) electrons. The zero-order valence-electron chi connectivity index (χ0n) is 37.0. The van der Waals surface area contributed by atoms with E-state index in [4.69, 9.17) is 18.0 Å². The normalized spacial score (nSPS) is 12.1. The summed E-state index contributed by atoms with van der Waals surface area (Å²) in [6.45, 7) is 17.0. The molecule has 5 heterocycles. The Kier molecular flexibility index (Phi) is 14.2. The fourth-order valence-corrected chi connectivity index (χ4v) is 15.7. The topological polar surface area (TPSA) is 123 Å². The van der Waals surface area contributed by atoms with Crippen molar-refractivity contribution in [2.75, 3.05) is 39.6 Å². The summed E-state index contributed by atoms with van der Waals surface area (Å²) in [5.74, 6) is -1.09. The number of carboxylic acids is 1. The van der Waals surface area contributed by atoms with Crippen LogP contribution in [0.15, 0.2) is 66.2 Å². The van der Waals surface area contributed by atoms with Gasteiger partial charge in [-0.15, -0.1) is 45.3 Å². The summed E-state index contributed by atoms with van der Waals surface area (Å²) in [5.41, 5.74) is 7.96. The second kappa shape index (κ2) is 19.5. The molecule has 5 aromatic heterocycles.